The number of amides is 2. The van der Waals surface area contributed by atoms with E-state index in [1.807, 2.05) is 24.3 Å². The van der Waals surface area contributed by atoms with Gasteiger partial charge in [0.05, 0.1) is 0 Å². The van der Waals surface area contributed by atoms with Crippen molar-refractivity contribution >= 4 is 11.8 Å². The molecule has 0 aromatic heterocycles. The van der Waals surface area contributed by atoms with Crippen molar-refractivity contribution in [3.63, 3.8) is 0 Å². The number of hydrogen-bond acceptors (Lipinski definition) is 3. The average molecular weight is 316 g/mol. The first-order valence-electron chi connectivity index (χ1n) is 8.37. The first-order chi connectivity index (χ1) is 11.1. The first-order valence-corrected chi connectivity index (χ1v) is 8.37. The second-order valence-electron chi connectivity index (χ2n) is 6.55. The average Bonchev–Trinajstić information content (AvgIpc) is 3.08. The van der Waals surface area contributed by atoms with E-state index in [9.17, 15) is 9.59 Å². The summed E-state index contributed by atoms with van der Waals surface area (Å²) in [6, 6.07) is 7.44. The molecule has 5 heteroatoms. The van der Waals surface area contributed by atoms with Gasteiger partial charge < -0.3 is 15.0 Å². The molecule has 23 heavy (non-hydrogen) atoms. The molecule has 2 aliphatic heterocycles. The van der Waals surface area contributed by atoms with E-state index < -0.39 is 12.1 Å². The van der Waals surface area contributed by atoms with E-state index in [-0.39, 0.29) is 11.8 Å². The van der Waals surface area contributed by atoms with Gasteiger partial charge in [0.15, 0.2) is 0 Å². The molecule has 2 heterocycles. The Hall–Kier alpha value is -1.88. The summed E-state index contributed by atoms with van der Waals surface area (Å²) in [5, 5.41) is 2.87. The zero-order valence-electron chi connectivity index (χ0n) is 13.7. The largest absolute Gasteiger partial charge is 0.368 e. The number of piperazine rings is 1. The summed E-state index contributed by atoms with van der Waals surface area (Å²) >= 11 is 0. The van der Waals surface area contributed by atoms with Crippen LogP contribution in [0, 0.1) is 0 Å². The number of carbonyl (C=O) groups is 2. The number of nitrogens with zero attached hydrogens (tertiary/aromatic N) is 1. The van der Waals surface area contributed by atoms with Crippen LogP contribution >= 0.6 is 0 Å². The molecule has 2 fully saturated rings. The van der Waals surface area contributed by atoms with Crippen molar-refractivity contribution in [2.75, 3.05) is 19.7 Å². The fourth-order valence-corrected chi connectivity index (χ4v) is 3.26. The van der Waals surface area contributed by atoms with Gasteiger partial charge in [-0.1, -0.05) is 38.1 Å². The molecule has 0 aliphatic carbocycles. The minimum atomic E-state index is -0.554. The van der Waals surface area contributed by atoms with Crippen LogP contribution in [0.3, 0.4) is 0 Å². The Balaban J connectivity index is 1.85. The number of nitrogens with one attached hydrogen (secondary N) is 1. The molecular formula is C18H24N2O3. The van der Waals surface area contributed by atoms with Crippen LogP contribution in [0.15, 0.2) is 24.3 Å². The minimum Gasteiger partial charge on any atom is -0.368 e. The first kappa shape index (κ1) is 16.0. The lowest BCUT2D eigenvalue weighted by Crippen LogP contribution is -2.54. The number of ether oxygens (including phenoxy) is 1. The monoisotopic (exact) mass is 316 g/mol. The van der Waals surface area contributed by atoms with E-state index in [1.54, 1.807) is 4.90 Å². The number of benzene rings is 1. The van der Waals surface area contributed by atoms with Crippen molar-refractivity contribution in [2.24, 2.45) is 0 Å². The maximum Gasteiger partial charge on any atom is 0.252 e. The summed E-state index contributed by atoms with van der Waals surface area (Å²) in [5.41, 5.74) is 2.08. The van der Waals surface area contributed by atoms with Crippen molar-refractivity contribution in [3.05, 3.63) is 35.4 Å². The lowest BCUT2D eigenvalue weighted by atomic mass is 9.96. The molecule has 1 aromatic carbocycles. The summed E-state index contributed by atoms with van der Waals surface area (Å²) in [4.78, 5) is 26.8. The Bertz CT molecular complexity index is 576. The van der Waals surface area contributed by atoms with Gasteiger partial charge in [-0.15, -0.1) is 0 Å². The SMILES string of the molecule is CC(C)c1ccc(C2C(=O)NCCN2C(=O)C2CCCO2)cc1. The van der Waals surface area contributed by atoms with Gasteiger partial charge in [-0.3, -0.25) is 9.59 Å². The predicted molar refractivity (Wildman–Crippen MR) is 87.0 cm³/mol. The van der Waals surface area contributed by atoms with E-state index in [0.29, 0.717) is 25.6 Å². The topological polar surface area (TPSA) is 58.6 Å². The molecule has 5 nitrogen and oxygen atoms in total. The summed E-state index contributed by atoms with van der Waals surface area (Å²) in [6.07, 6.45) is 1.26. The third-order valence-corrected chi connectivity index (χ3v) is 4.62. The zero-order valence-corrected chi connectivity index (χ0v) is 13.7. The Labute approximate surface area is 137 Å². The van der Waals surface area contributed by atoms with Gasteiger partial charge in [0.2, 0.25) is 5.91 Å². The Morgan fingerprint density at radius 1 is 1.30 bits per heavy atom. The number of hydrogen-bond donors (Lipinski definition) is 1. The summed E-state index contributed by atoms with van der Waals surface area (Å²) < 4.78 is 5.52. The van der Waals surface area contributed by atoms with E-state index in [1.165, 1.54) is 5.56 Å². The third kappa shape index (κ3) is 3.24. The molecule has 0 spiro atoms. The van der Waals surface area contributed by atoms with Gasteiger partial charge in [0, 0.05) is 19.7 Å². The standard InChI is InChI=1S/C18H24N2O3/c1-12(2)13-5-7-14(8-6-13)16-17(21)19-9-10-20(16)18(22)15-4-3-11-23-15/h5-8,12,15-16H,3-4,9-11H2,1-2H3,(H,19,21). The molecule has 0 bridgehead atoms. The molecule has 124 valence electrons. The quantitative estimate of drug-likeness (QED) is 0.928. The summed E-state index contributed by atoms with van der Waals surface area (Å²) in [6.45, 7) is 5.92. The highest BCUT2D eigenvalue weighted by molar-refractivity contribution is 5.91. The van der Waals surface area contributed by atoms with Crippen LogP contribution in [0.25, 0.3) is 0 Å². The fourth-order valence-electron chi connectivity index (χ4n) is 3.26. The molecule has 0 radical (unpaired) electrons. The van der Waals surface area contributed by atoms with Crippen LogP contribution in [-0.2, 0) is 14.3 Å². The highest BCUT2D eigenvalue weighted by atomic mass is 16.5. The lowest BCUT2D eigenvalue weighted by Gasteiger charge is -2.36. The van der Waals surface area contributed by atoms with Crippen LogP contribution < -0.4 is 5.32 Å². The molecule has 2 atom stereocenters. The van der Waals surface area contributed by atoms with Crippen LogP contribution in [0.4, 0.5) is 0 Å². The molecule has 2 amide bonds. The van der Waals surface area contributed by atoms with Crippen molar-refractivity contribution in [2.45, 2.75) is 44.8 Å². The van der Waals surface area contributed by atoms with Crippen molar-refractivity contribution in [1.29, 1.82) is 0 Å². The van der Waals surface area contributed by atoms with E-state index in [2.05, 4.69) is 19.2 Å². The molecule has 2 aliphatic rings. The molecule has 3 rings (SSSR count). The Morgan fingerprint density at radius 2 is 2.04 bits per heavy atom. The molecule has 1 N–H and O–H groups in total. The molecule has 1 aromatic rings. The van der Waals surface area contributed by atoms with Crippen molar-refractivity contribution in [1.82, 2.24) is 10.2 Å². The second-order valence-corrected chi connectivity index (χ2v) is 6.55. The van der Waals surface area contributed by atoms with Gasteiger partial charge in [0.25, 0.3) is 5.91 Å². The zero-order chi connectivity index (χ0) is 16.4. The van der Waals surface area contributed by atoms with E-state index in [0.717, 1.165) is 18.4 Å². The second kappa shape index (κ2) is 6.71. The van der Waals surface area contributed by atoms with Gasteiger partial charge >= 0.3 is 0 Å². The molecule has 2 unspecified atom stereocenters. The predicted octanol–water partition coefficient (Wildman–Crippen LogP) is 1.99. The maximum absolute atomic E-state index is 12.7. The molecule has 0 saturated carbocycles. The molecular weight excluding hydrogens is 292 g/mol. The fraction of sp³-hybridized carbons (Fsp3) is 0.556. The number of rotatable bonds is 3. The molecule has 2 saturated heterocycles. The Morgan fingerprint density at radius 3 is 2.65 bits per heavy atom. The maximum atomic E-state index is 12.7. The van der Waals surface area contributed by atoms with Crippen LogP contribution in [-0.4, -0.2) is 42.5 Å². The number of carbonyl (C=O) groups excluding carboxylic acids is 2. The normalized spacial score (nSPS) is 24.8. The summed E-state index contributed by atoms with van der Waals surface area (Å²) in [5.74, 6) is 0.268. The highest BCUT2D eigenvalue weighted by Crippen LogP contribution is 2.27. The smallest absolute Gasteiger partial charge is 0.252 e. The van der Waals surface area contributed by atoms with Gasteiger partial charge in [-0.25, -0.2) is 0 Å². The van der Waals surface area contributed by atoms with E-state index in [4.69, 9.17) is 4.74 Å². The van der Waals surface area contributed by atoms with Gasteiger partial charge in [-0.2, -0.15) is 0 Å². The van der Waals surface area contributed by atoms with Crippen LogP contribution in [0.5, 0.6) is 0 Å². The van der Waals surface area contributed by atoms with Crippen LogP contribution in [0.1, 0.15) is 49.8 Å². The van der Waals surface area contributed by atoms with Gasteiger partial charge in [0.1, 0.15) is 12.1 Å². The van der Waals surface area contributed by atoms with E-state index >= 15 is 0 Å². The van der Waals surface area contributed by atoms with Crippen LogP contribution in [0.2, 0.25) is 0 Å². The third-order valence-electron chi connectivity index (χ3n) is 4.62. The van der Waals surface area contributed by atoms with Crippen molar-refractivity contribution in [3.8, 4) is 0 Å². The summed E-state index contributed by atoms with van der Waals surface area (Å²) in [7, 11) is 0. The Kier molecular flexibility index (Phi) is 4.66. The van der Waals surface area contributed by atoms with Gasteiger partial charge in [-0.05, 0) is 29.9 Å². The minimum absolute atomic E-state index is 0.0599. The lowest BCUT2D eigenvalue weighted by molar-refractivity contribution is -0.150. The van der Waals surface area contributed by atoms with Crippen molar-refractivity contribution < 1.29 is 14.3 Å². The highest BCUT2D eigenvalue weighted by Gasteiger charge is 2.38.